The maximum atomic E-state index is 11.8. The summed E-state index contributed by atoms with van der Waals surface area (Å²) in [6, 6.07) is 52.2. The number of ether oxygens (including phenoxy) is 8. The van der Waals surface area contributed by atoms with Crippen molar-refractivity contribution >= 4 is 95.5 Å². The lowest BCUT2D eigenvalue weighted by Gasteiger charge is -2.34. The Morgan fingerprint density at radius 1 is 0.217 bits per heavy atom. The van der Waals surface area contributed by atoms with Gasteiger partial charge in [-0.2, -0.15) is 0 Å². The molecule has 10 aliphatic carbocycles. The van der Waals surface area contributed by atoms with Crippen LogP contribution in [0.4, 0.5) is 0 Å². The van der Waals surface area contributed by atoms with Crippen LogP contribution in [0, 0.1) is 23.7 Å². The maximum absolute atomic E-state index is 11.8. The Kier molecular flexibility index (Phi) is 28.2. The third kappa shape index (κ3) is 20.0. The van der Waals surface area contributed by atoms with Gasteiger partial charge in [0.1, 0.15) is 0 Å². The number of carbonyl (C=O) groups excluding carboxylic acids is 16. The number of esters is 16. The van der Waals surface area contributed by atoms with Crippen LogP contribution >= 0.6 is 0 Å². The van der Waals surface area contributed by atoms with Gasteiger partial charge in [0.05, 0.1) is 95.2 Å². The Labute approximate surface area is 798 Å². The molecule has 0 N–H and O–H groups in total. The van der Waals surface area contributed by atoms with Crippen molar-refractivity contribution in [2.45, 2.75) is 256 Å². The van der Waals surface area contributed by atoms with Gasteiger partial charge in [0, 0.05) is 5.92 Å². The molecule has 1 saturated carbocycles. The van der Waals surface area contributed by atoms with E-state index in [1.54, 1.807) is 23.3 Å². The Morgan fingerprint density at radius 3 is 1.22 bits per heavy atom. The number of carbonyl (C=O) groups is 16. The molecule has 27 rings (SSSR count). The Hall–Kier alpha value is -13.9. The zero-order valence-corrected chi connectivity index (χ0v) is 76.2. The first-order chi connectivity index (χ1) is 66.5. The van der Waals surface area contributed by atoms with Crippen molar-refractivity contribution in [3.63, 3.8) is 0 Å². The predicted octanol–water partition coefficient (Wildman–Crippen LogP) is 18.0. The Morgan fingerprint density at radius 2 is 0.616 bits per heavy atom. The van der Waals surface area contributed by atoms with Gasteiger partial charge in [-0.15, -0.1) is 0 Å². The number of rotatable bonds is 0. The molecule has 8 atom stereocenters. The molecule has 0 spiro atoms. The van der Waals surface area contributed by atoms with E-state index in [0.717, 1.165) is 186 Å². The zero-order chi connectivity index (χ0) is 94.8. The average Bonchev–Trinajstić information content (AvgIpc) is 1.73. The normalized spacial score (nSPS) is 22.8. The molecule has 4 fully saturated rings. The van der Waals surface area contributed by atoms with Crippen LogP contribution in [0.15, 0.2) is 158 Å². The van der Waals surface area contributed by atoms with Gasteiger partial charge in [-0.05, 0) is 357 Å². The van der Waals surface area contributed by atoms with E-state index in [0.29, 0.717) is 64.6 Å². The molecular formula is C114H108O24. The van der Waals surface area contributed by atoms with Crippen molar-refractivity contribution in [2.75, 3.05) is 0 Å². The molecule has 8 unspecified atom stereocenters. The fourth-order valence-corrected chi connectivity index (χ4v) is 23.6. The lowest BCUT2D eigenvalue weighted by atomic mass is 9.72. The van der Waals surface area contributed by atoms with Gasteiger partial charge in [0.2, 0.25) is 0 Å². The first kappa shape index (κ1) is 94.5. The predicted molar refractivity (Wildman–Crippen MR) is 500 cm³/mol. The molecule has 2 bridgehead atoms. The highest BCUT2D eigenvalue weighted by Crippen LogP contribution is 2.53. The van der Waals surface area contributed by atoms with Crippen LogP contribution in [-0.4, -0.2) is 95.5 Å². The Bertz CT molecular complexity index is 6430. The lowest BCUT2D eigenvalue weighted by Crippen LogP contribution is -2.40. The zero-order valence-electron chi connectivity index (χ0n) is 76.2. The number of cyclic esters (lactones) is 16. The summed E-state index contributed by atoms with van der Waals surface area (Å²) >= 11 is 0. The van der Waals surface area contributed by atoms with Crippen molar-refractivity contribution in [1.29, 1.82) is 0 Å². The summed E-state index contributed by atoms with van der Waals surface area (Å²) in [5.74, 6) is -5.12. The van der Waals surface area contributed by atoms with Gasteiger partial charge >= 0.3 is 95.5 Å². The first-order valence-corrected chi connectivity index (χ1v) is 48.5. The number of hydrogen-bond acceptors (Lipinski definition) is 24. The van der Waals surface area contributed by atoms with Crippen molar-refractivity contribution in [2.24, 2.45) is 23.7 Å². The molecule has 0 radical (unpaired) electrons. The summed E-state index contributed by atoms with van der Waals surface area (Å²) in [5.41, 5.74) is 28.8. The van der Waals surface area contributed by atoms with Crippen molar-refractivity contribution in [3.8, 4) is 0 Å². The quantitative estimate of drug-likeness (QED) is 0.0773. The van der Waals surface area contributed by atoms with Crippen LogP contribution in [-0.2, 0) is 190 Å². The summed E-state index contributed by atoms with van der Waals surface area (Å²) in [7, 11) is 0. The molecule has 0 aromatic heterocycles. The highest BCUT2D eigenvalue weighted by Gasteiger charge is 2.46. The molecule has 18 aliphatic rings. The molecule has 708 valence electrons. The molecule has 8 heterocycles. The molecule has 3 saturated heterocycles. The molecule has 9 aromatic carbocycles. The Balaban J connectivity index is 0.000000103. The van der Waals surface area contributed by atoms with E-state index in [-0.39, 0.29) is 98.0 Å². The maximum Gasteiger partial charge on any atom is 0.347 e. The second kappa shape index (κ2) is 41.2. The minimum absolute atomic E-state index is 0. The number of benzene rings is 9. The number of hydrogen-bond donors (Lipinski definition) is 0. The van der Waals surface area contributed by atoms with Gasteiger partial charge in [-0.1, -0.05) is 135 Å². The van der Waals surface area contributed by atoms with Crippen LogP contribution in [0.1, 0.15) is 336 Å². The van der Waals surface area contributed by atoms with Crippen LogP contribution < -0.4 is 0 Å². The third-order valence-corrected chi connectivity index (χ3v) is 30.3. The fraction of sp³-hybridized carbons (Fsp3) is 0.386. The van der Waals surface area contributed by atoms with Gasteiger partial charge in [0.15, 0.2) is 0 Å². The van der Waals surface area contributed by atoms with E-state index in [1.807, 2.05) is 91.0 Å². The summed E-state index contributed by atoms with van der Waals surface area (Å²) in [6.45, 7) is 0. The fourth-order valence-electron chi connectivity index (χ4n) is 23.6. The van der Waals surface area contributed by atoms with Crippen LogP contribution in [0.3, 0.4) is 0 Å². The second-order valence-corrected chi connectivity index (χ2v) is 38.5. The minimum atomic E-state index is -0.497. The van der Waals surface area contributed by atoms with E-state index in [4.69, 9.17) is 18.9 Å². The summed E-state index contributed by atoms with van der Waals surface area (Å²) in [4.78, 5) is 183. The van der Waals surface area contributed by atoms with Crippen LogP contribution in [0.2, 0.25) is 0 Å². The van der Waals surface area contributed by atoms with E-state index < -0.39 is 59.7 Å². The summed E-state index contributed by atoms with van der Waals surface area (Å²) < 4.78 is 37.3. The van der Waals surface area contributed by atoms with E-state index >= 15 is 0 Å². The second-order valence-electron chi connectivity index (χ2n) is 38.5. The van der Waals surface area contributed by atoms with Crippen molar-refractivity contribution in [3.05, 3.63) is 314 Å². The third-order valence-electron chi connectivity index (χ3n) is 30.3. The highest BCUT2D eigenvalue weighted by atomic mass is 16.6. The standard InChI is InChI=1S/6C13H12O3.2C12H10O3.C11H12.CH4/c2*14-12-7-10-5-8-3-1-2-4-9(8)6-11(10)13(15)16-12;2*14-11-7-9-6-5-8-3-1-2-4-10(8)12(9)13(15)16-11;2*14-12-7-11-9-4-2-1-3-8(9)5-6-10(11)13(15)16-12;13-11-9-5-7-3-1-2-4-8(7)6-10(9)12(14)15-11;13-11-9-6-5-7-3-1-2-4-8(7)10(9)12(14)15-11;1-2-4-11-9-6-5-8(7-9)10(11)3-1;/h5-6H,1-4,7H2;1-4,10-11H,5-7H2;5-6H,1-4,7H2;1-4,9,12H,5-7H2;5-6H,1-4,7H2;1-4,10-11H,5-7H2;2*5-6H,1-4H2;1-4,8-9H,5-7H2;1H4. The topological polar surface area (TPSA) is 347 Å². The van der Waals surface area contributed by atoms with Gasteiger partial charge in [-0.25, -0.2) is 33.6 Å². The molecule has 24 nitrogen and oxygen atoms in total. The van der Waals surface area contributed by atoms with Gasteiger partial charge in [-0.3, -0.25) is 43.2 Å². The monoisotopic (exact) mass is 1860 g/mol. The van der Waals surface area contributed by atoms with Crippen LogP contribution in [0.25, 0.3) is 0 Å². The van der Waals surface area contributed by atoms with Gasteiger partial charge < -0.3 is 37.9 Å². The van der Waals surface area contributed by atoms with Gasteiger partial charge in [0.25, 0.3) is 0 Å². The van der Waals surface area contributed by atoms with Crippen molar-refractivity contribution < 1.29 is 115 Å². The SMILES string of the molecule is C.O=C1CC2CCc3ccccc3C2C(=O)O1.O=C1CC2Cc3ccccc3CC2C(=O)O1.O=C1CC2c3ccccc3CCC2C(=O)O1.O=C1Cc2c(ccc3c2CCCC3)C(=O)O1.O=C1Cc2cc3c(cc2C(=O)O1)CCCC3.O=C1Cc2ccc3c(c2C(=O)O1)CCCC3.O=C1OC(=O)c2c1ccc1c2CCCC1.O=C1OC(=O)c2cc3c(cc21)CCCC3.c1ccc2c(c1)C1CCC2C1. The summed E-state index contributed by atoms with van der Waals surface area (Å²) in [6.07, 6.45) is 32.8. The minimum Gasteiger partial charge on any atom is -0.393 e. The number of aryl methyl sites for hydroxylation is 9. The molecule has 0 amide bonds. The van der Waals surface area contributed by atoms with E-state index in [9.17, 15) is 76.7 Å². The molecular weight excluding hydrogens is 1750 g/mol. The highest BCUT2D eigenvalue weighted by molar-refractivity contribution is 6.16. The van der Waals surface area contributed by atoms with Crippen molar-refractivity contribution in [1.82, 2.24) is 0 Å². The van der Waals surface area contributed by atoms with E-state index in [1.165, 1.54) is 112 Å². The molecule has 24 heteroatoms. The number of fused-ring (bicyclic) bond motifs is 26. The largest absolute Gasteiger partial charge is 0.393 e. The smallest absolute Gasteiger partial charge is 0.347 e. The molecule has 138 heavy (non-hydrogen) atoms. The average molecular weight is 1860 g/mol. The first-order valence-electron chi connectivity index (χ1n) is 48.5. The molecule has 9 aromatic rings. The summed E-state index contributed by atoms with van der Waals surface area (Å²) in [5, 5.41) is 0. The van der Waals surface area contributed by atoms with E-state index in [2.05, 4.69) is 73.5 Å². The van der Waals surface area contributed by atoms with Crippen LogP contribution in [0.5, 0.6) is 0 Å². The molecule has 8 aliphatic heterocycles. The lowest BCUT2D eigenvalue weighted by molar-refractivity contribution is -0.172.